The molecule has 0 fully saturated rings. The molecule has 0 bridgehead atoms. The van der Waals surface area contributed by atoms with Crippen molar-refractivity contribution < 1.29 is 19.3 Å². The molecule has 2 rings (SSSR count). The van der Waals surface area contributed by atoms with Crippen molar-refractivity contribution in [3.8, 4) is 17.2 Å². The monoisotopic (exact) mass is 345 g/mol. The van der Waals surface area contributed by atoms with Gasteiger partial charge in [-0.05, 0) is 37.1 Å². The van der Waals surface area contributed by atoms with Crippen LogP contribution in [0.3, 0.4) is 0 Å². The van der Waals surface area contributed by atoms with Gasteiger partial charge < -0.3 is 24.6 Å². The van der Waals surface area contributed by atoms with Gasteiger partial charge in [0.1, 0.15) is 5.75 Å². The first-order chi connectivity index (χ1) is 12.1. The quantitative estimate of drug-likeness (QED) is 0.732. The molecule has 1 unspecified atom stereocenters. The zero-order valence-corrected chi connectivity index (χ0v) is 15.3. The summed E-state index contributed by atoms with van der Waals surface area (Å²) >= 11 is 0. The van der Waals surface area contributed by atoms with Crippen LogP contribution in [0.2, 0.25) is 0 Å². The van der Waals surface area contributed by atoms with Crippen LogP contribution >= 0.6 is 0 Å². The van der Waals surface area contributed by atoms with E-state index in [2.05, 4.69) is 12.2 Å². The summed E-state index contributed by atoms with van der Waals surface area (Å²) in [4.78, 5) is 0. The molecule has 0 radical (unpaired) electrons. The molecule has 136 valence electrons. The van der Waals surface area contributed by atoms with Gasteiger partial charge in [-0.15, -0.1) is 0 Å². The van der Waals surface area contributed by atoms with Crippen LogP contribution < -0.4 is 19.5 Å². The van der Waals surface area contributed by atoms with E-state index in [0.717, 1.165) is 29.0 Å². The highest BCUT2D eigenvalue weighted by Crippen LogP contribution is 2.28. The fourth-order valence-corrected chi connectivity index (χ4v) is 2.80. The van der Waals surface area contributed by atoms with Crippen LogP contribution in [-0.2, 0) is 6.42 Å². The maximum Gasteiger partial charge on any atom is 0.160 e. The molecule has 0 heterocycles. The lowest BCUT2D eigenvalue weighted by Gasteiger charge is -2.19. The molecule has 2 atom stereocenters. The summed E-state index contributed by atoms with van der Waals surface area (Å²) in [5.41, 5.74) is 1.93. The first-order valence-corrected chi connectivity index (χ1v) is 8.34. The normalized spacial score (nSPS) is 13.2. The molecule has 0 aliphatic rings. The van der Waals surface area contributed by atoms with Gasteiger partial charge in [-0.3, -0.25) is 0 Å². The van der Waals surface area contributed by atoms with E-state index >= 15 is 0 Å². The third-order valence-electron chi connectivity index (χ3n) is 4.15. The first-order valence-electron chi connectivity index (χ1n) is 8.34. The average Bonchev–Trinajstić information content (AvgIpc) is 2.65. The molecule has 0 amide bonds. The molecule has 2 aromatic carbocycles. The van der Waals surface area contributed by atoms with Crippen LogP contribution in [0.25, 0.3) is 0 Å². The fourth-order valence-electron chi connectivity index (χ4n) is 2.80. The summed E-state index contributed by atoms with van der Waals surface area (Å²) in [6, 6.07) is 13.6. The number of para-hydroxylation sites is 1. The SMILES string of the molecule is COc1ccc(CC(C)NC[C@H](O)c2ccccc2OC)cc1OC. The number of hydrogen-bond donors (Lipinski definition) is 2. The number of benzene rings is 2. The molecular formula is C20H27NO4. The topological polar surface area (TPSA) is 60.0 Å². The Morgan fingerprint density at radius 1 is 0.920 bits per heavy atom. The summed E-state index contributed by atoms with van der Waals surface area (Å²) in [6.07, 6.45) is 0.197. The smallest absolute Gasteiger partial charge is 0.160 e. The molecule has 5 nitrogen and oxygen atoms in total. The second kappa shape index (κ2) is 9.30. The van der Waals surface area contributed by atoms with Gasteiger partial charge in [-0.25, -0.2) is 0 Å². The van der Waals surface area contributed by atoms with Gasteiger partial charge in [0.15, 0.2) is 11.5 Å². The zero-order valence-electron chi connectivity index (χ0n) is 15.3. The summed E-state index contributed by atoms with van der Waals surface area (Å²) < 4.78 is 15.9. The minimum atomic E-state index is -0.621. The maximum absolute atomic E-state index is 10.4. The van der Waals surface area contributed by atoms with Crippen LogP contribution in [-0.4, -0.2) is 39.0 Å². The molecule has 0 saturated heterocycles. The number of aliphatic hydroxyl groups excluding tert-OH is 1. The molecule has 0 aliphatic heterocycles. The Hall–Kier alpha value is -2.24. The lowest BCUT2D eigenvalue weighted by Crippen LogP contribution is -2.32. The summed E-state index contributed by atoms with van der Waals surface area (Å²) in [7, 11) is 4.87. The van der Waals surface area contributed by atoms with Gasteiger partial charge in [0.2, 0.25) is 0 Å². The predicted molar refractivity (Wildman–Crippen MR) is 98.7 cm³/mol. The van der Waals surface area contributed by atoms with E-state index in [1.54, 1.807) is 21.3 Å². The van der Waals surface area contributed by atoms with E-state index in [4.69, 9.17) is 14.2 Å². The largest absolute Gasteiger partial charge is 0.496 e. The van der Waals surface area contributed by atoms with E-state index in [0.29, 0.717) is 12.3 Å². The van der Waals surface area contributed by atoms with Crippen molar-refractivity contribution in [2.24, 2.45) is 0 Å². The van der Waals surface area contributed by atoms with Crippen molar-refractivity contribution in [3.05, 3.63) is 53.6 Å². The first kappa shape index (κ1) is 19.1. The van der Waals surface area contributed by atoms with E-state index in [-0.39, 0.29) is 6.04 Å². The van der Waals surface area contributed by atoms with Crippen LogP contribution in [0.4, 0.5) is 0 Å². The zero-order chi connectivity index (χ0) is 18.2. The molecule has 0 aromatic heterocycles. The van der Waals surface area contributed by atoms with Crippen molar-refractivity contribution in [2.45, 2.75) is 25.5 Å². The van der Waals surface area contributed by atoms with Crippen LogP contribution in [0.15, 0.2) is 42.5 Å². The van der Waals surface area contributed by atoms with E-state index in [1.807, 2.05) is 42.5 Å². The molecular weight excluding hydrogens is 318 g/mol. The fraction of sp³-hybridized carbons (Fsp3) is 0.400. The Morgan fingerprint density at radius 3 is 2.28 bits per heavy atom. The van der Waals surface area contributed by atoms with Crippen molar-refractivity contribution in [3.63, 3.8) is 0 Å². The van der Waals surface area contributed by atoms with Gasteiger partial charge in [0.05, 0.1) is 27.4 Å². The van der Waals surface area contributed by atoms with Gasteiger partial charge in [-0.1, -0.05) is 24.3 Å². The third-order valence-corrected chi connectivity index (χ3v) is 4.15. The van der Waals surface area contributed by atoms with Gasteiger partial charge >= 0.3 is 0 Å². The molecule has 2 aromatic rings. The lowest BCUT2D eigenvalue weighted by molar-refractivity contribution is 0.166. The van der Waals surface area contributed by atoms with Gasteiger partial charge in [-0.2, -0.15) is 0 Å². The second-order valence-electron chi connectivity index (χ2n) is 5.96. The number of ether oxygens (including phenoxy) is 3. The summed E-state index contributed by atoms with van der Waals surface area (Å²) in [5, 5.41) is 13.8. The highest BCUT2D eigenvalue weighted by Gasteiger charge is 2.14. The Kier molecular flexibility index (Phi) is 7.10. The Morgan fingerprint density at radius 2 is 1.60 bits per heavy atom. The van der Waals surface area contributed by atoms with Crippen molar-refractivity contribution in [1.29, 1.82) is 0 Å². The van der Waals surface area contributed by atoms with Crippen LogP contribution in [0.5, 0.6) is 17.2 Å². The number of aliphatic hydroxyl groups is 1. The second-order valence-corrected chi connectivity index (χ2v) is 5.96. The molecule has 0 aliphatic carbocycles. The van der Waals surface area contributed by atoms with Crippen molar-refractivity contribution in [1.82, 2.24) is 5.32 Å². The Labute approximate surface area is 149 Å². The highest BCUT2D eigenvalue weighted by molar-refractivity contribution is 5.43. The molecule has 25 heavy (non-hydrogen) atoms. The molecule has 0 spiro atoms. The highest BCUT2D eigenvalue weighted by atomic mass is 16.5. The molecule has 0 saturated carbocycles. The maximum atomic E-state index is 10.4. The minimum absolute atomic E-state index is 0.197. The van der Waals surface area contributed by atoms with Crippen molar-refractivity contribution >= 4 is 0 Å². The van der Waals surface area contributed by atoms with E-state index in [9.17, 15) is 5.11 Å². The van der Waals surface area contributed by atoms with Gasteiger partial charge in [0.25, 0.3) is 0 Å². The number of methoxy groups -OCH3 is 3. The van der Waals surface area contributed by atoms with Crippen LogP contribution in [0.1, 0.15) is 24.2 Å². The van der Waals surface area contributed by atoms with E-state index < -0.39 is 6.10 Å². The van der Waals surface area contributed by atoms with E-state index in [1.165, 1.54) is 0 Å². The van der Waals surface area contributed by atoms with Crippen molar-refractivity contribution in [2.75, 3.05) is 27.9 Å². The molecule has 2 N–H and O–H groups in total. The minimum Gasteiger partial charge on any atom is -0.496 e. The number of nitrogens with one attached hydrogen (secondary N) is 1. The predicted octanol–water partition coefficient (Wildman–Crippen LogP) is 2.97. The van der Waals surface area contributed by atoms with Crippen LogP contribution in [0, 0.1) is 0 Å². The lowest BCUT2D eigenvalue weighted by atomic mass is 10.0. The Bertz CT molecular complexity index is 674. The summed E-state index contributed by atoms with van der Waals surface area (Å²) in [6.45, 7) is 2.54. The average molecular weight is 345 g/mol. The third kappa shape index (κ3) is 5.11. The van der Waals surface area contributed by atoms with Gasteiger partial charge in [0, 0.05) is 18.2 Å². The Balaban J connectivity index is 1.93. The summed E-state index contributed by atoms with van der Waals surface area (Å²) in [5.74, 6) is 2.14. The number of hydrogen-bond acceptors (Lipinski definition) is 5. The number of rotatable bonds is 9. The standard InChI is InChI=1S/C20H27NO4/c1-14(11-15-9-10-19(24-3)20(12-15)25-4)21-13-17(22)16-7-5-6-8-18(16)23-2/h5-10,12,14,17,21-22H,11,13H2,1-4H3/t14?,17-/m0/s1. The molecule has 5 heteroatoms.